The molecule has 1 aromatic heterocycles. The SMILES string of the molecule is Cc1nn(C)c(C)c1CCNC(=O)[C@@H]1CC(=O)N[C@H](C(C)C)C(=O)N[C@@H](Cc2ccccc2)C(=O)NCCCOc2ccccc2C(=O)N1. The summed E-state index contributed by atoms with van der Waals surface area (Å²) in [6.45, 7) is 8.10. The molecule has 2 aromatic carbocycles. The minimum atomic E-state index is -1.26. The van der Waals surface area contributed by atoms with Gasteiger partial charge in [0.25, 0.3) is 5.91 Å². The van der Waals surface area contributed by atoms with Crippen molar-refractivity contribution < 1.29 is 28.7 Å². The lowest BCUT2D eigenvalue weighted by atomic mass is 10.0. The molecule has 1 aliphatic heterocycles. The number of rotatable bonds is 7. The second-order valence-electron chi connectivity index (χ2n) is 12.6. The molecule has 0 aliphatic carbocycles. The van der Waals surface area contributed by atoms with Crippen molar-refractivity contribution in [2.45, 2.75) is 71.5 Å². The molecule has 0 fully saturated rings. The van der Waals surface area contributed by atoms with E-state index in [0.717, 1.165) is 22.5 Å². The molecule has 0 radical (unpaired) electrons. The molecule has 1 aliphatic rings. The Balaban J connectivity index is 1.58. The average Bonchev–Trinajstić information content (AvgIpc) is 3.31. The van der Waals surface area contributed by atoms with E-state index in [1.54, 1.807) is 42.8 Å². The number of aromatic nitrogens is 2. The second kappa shape index (κ2) is 17.3. The molecular formula is C36H47N7O6. The van der Waals surface area contributed by atoms with Gasteiger partial charge in [0.1, 0.15) is 23.9 Å². The van der Waals surface area contributed by atoms with Gasteiger partial charge in [0.05, 0.1) is 24.3 Å². The quantitative estimate of drug-likeness (QED) is 0.254. The third-order valence-corrected chi connectivity index (χ3v) is 8.54. The number of amides is 5. The number of ether oxygens (including phenoxy) is 1. The lowest BCUT2D eigenvalue weighted by molar-refractivity contribution is -0.133. The summed E-state index contributed by atoms with van der Waals surface area (Å²) in [5.74, 6) is -2.74. The number of carbonyl (C=O) groups excluding carboxylic acids is 5. The Labute approximate surface area is 286 Å². The summed E-state index contributed by atoms with van der Waals surface area (Å²) < 4.78 is 7.68. The number of benzene rings is 2. The fourth-order valence-electron chi connectivity index (χ4n) is 5.70. The Morgan fingerprint density at radius 1 is 0.980 bits per heavy atom. The number of carbonyl (C=O) groups is 5. The zero-order valence-corrected chi connectivity index (χ0v) is 28.8. The van der Waals surface area contributed by atoms with Crippen LogP contribution in [-0.2, 0) is 39.1 Å². The van der Waals surface area contributed by atoms with Crippen LogP contribution < -0.4 is 31.3 Å². The molecule has 13 nitrogen and oxygen atoms in total. The fourth-order valence-corrected chi connectivity index (χ4v) is 5.70. The van der Waals surface area contributed by atoms with Crippen molar-refractivity contribution >= 4 is 29.5 Å². The van der Waals surface area contributed by atoms with Gasteiger partial charge in [-0.2, -0.15) is 5.10 Å². The Kier molecular flexibility index (Phi) is 12.9. The molecule has 0 saturated heterocycles. The van der Waals surface area contributed by atoms with E-state index in [1.807, 2.05) is 51.2 Å². The molecule has 262 valence electrons. The molecule has 3 atom stereocenters. The number of hydrogen-bond donors (Lipinski definition) is 5. The first-order valence-electron chi connectivity index (χ1n) is 16.7. The summed E-state index contributed by atoms with van der Waals surface area (Å²) in [5.41, 5.74) is 3.89. The Hall–Kier alpha value is -5.20. The number of fused-ring (bicyclic) bond motifs is 1. The molecule has 2 heterocycles. The Morgan fingerprint density at radius 3 is 2.39 bits per heavy atom. The van der Waals surface area contributed by atoms with Gasteiger partial charge in [-0.05, 0) is 55.9 Å². The third-order valence-electron chi connectivity index (χ3n) is 8.54. The first-order chi connectivity index (χ1) is 23.4. The molecule has 3 aromatic rings. The van der Waals surface area contributed by atoms with Gasteiger partial charge in [0.15, 0.2) is 0 Å². The van der Waals surface area contributed by atoms with Gasteiger partial charge in [-0.1, -0.05) is 56.3 Å². The topological polar surface area (TPSA) is 173 Å². The maximum absolute atomic E-state index is 13.6. The largest absolute Gasteiger partial charge is 0.493 e. The van der Waals surface area contributed by atoms with Crippen molar-refractivity contribution in [3.8, 4) is 5.75 Å². The number of hydrogen-bond acceptors (Lipinski definition) is 7. The van der Waals surface area contributed by atoms with Crippen LogP contribution in [0.2, 0.25) is 0 Å². The zero-order valence-electron chi connectivity index (χ0n) is 28.8. The minimum absolute atomic E-state index is 0.190. The smallest absolute Gasteiger partial charge is 0.255 e. The molecule has 49 heavy (non-hydrogen) atoms. The van der Waals surface area contributed by atoms with Crippen LogP contribution in [0.5, 0.6) is 5.75 Å². The molecular weight excluding hydrogens is 626 g/mol. The van der Waals surface area contributed by atoms with E-state index in [1.165, 1.54) is 0 Å². The van der Waals surface area contributed by atoms with Crippen LogP contribution in [0.15, 0.2) is 54.6 Å². The highest BCUT2D eigenvalue weighted by atomic mass is 16.5. The maximum atomic E-state index is 13.6. The first-order valence-corrected chi connectivity index (χ1v) is 16.7. The minimum Gasteiger partial charge on any atom is -0.493 e. The van der Waals surface area contributed by atoms with Crippen LogP contribution in [0.3, 0.4) is 0 Å². The molecule has 5 amide bonds. The average molecular weight is 674 g/mol. The molecule has 4 rings (SSSR count). The Morgan fingerprint density at radius 2 is 1.69 bits per heavy atom. The van der Waals surface area contributed by atoms with Gasteiger partial charge < -0.3 is 31.3 Å². The maximum Gasteiger partial charge on any atom is 0.255 e. The summed E-state index contributed by atoms with van der Waals surface area (Å²) in [5, 5.41) is 18.4. The van der Waals surface area contributed by atoms with E-state index in [2.05, 4.69) is 31.7 Å². The predicted octanol–water partition coefficient (Wildman–Crippen LogP) is 1.65. The van der Waals surface area contributed by atoms with Crippen LogP contribution in [-0.4, -0.2) is 77.1 Å². The van der Waals surface area contributed by atoms with Crippen molar-refractivity contribution in [3.05, 3.63) is 82.7 Å². The van der Waals surface area contributed by atoms with Crippen LogP contribution >= 0.6 is 0 Å². The monoisotopic (exact) mass is 673 g/mol. The number of nitrogens with one attached hydrogen (secondary N) is 5. The molecule has 0 bridgehead atoms. The van der Waals surface area contributed by atoms with Gasteiger partial charge in [-0.3, -0.25) is 28.7 Å². The summed E-state index contributed by atoms with van der Waals surface area (Å²) in [7, 11) is 1.85. The summed E-state index contributed by atoms with van der Waals surface area (Å²) in [6.07, 6.45) is 0.747. The van der Waals surface area contributed by atoms with E-state index in [-0.39, 0.29) is 43.5 Å². The van der Waals surface area contributed by atoms with Gasteiger partial charge in [-0.15, -0.1) is 0 Å². The number of para-hydroxylation sites is 1. The van der Waals surface area contributed by atoms with Crippen molar-refractivity contribution in [3.63, 3.8) is 0 Å². The highest BCUT2D eigenvalue weighted by Crippen LogP contribution is 2.19. The standard InChI is InChI=1S/C36H47N7O6/c1-22(2)32-36(48)40-28(20-25-12-7-6-8-13-25)34(46)37-17-11-19-49-30-15-10-9-14-27(30)33(45)39-29(21-31(44)41-32)35(47)38-18-16-26-23(3)42-43(5)24(26)4/h6-10,12-15,22,28-29,32H,11,16-21H2,1-5H3,(H,37,46)(H,38,47)(H,39,45)(H,40,48)(H,41,44)/t28-,29-,32+/m0/s1. The highest BCUT2D eigenvalue weighted by molar-refractivity contribution is 6.01. The number of aryl methyl sites for hydroxylation is 2. The van der Waals surface area contributed by atoms with E-state index in [9.17, 15) is 24.0 Å². The summed E-state index contributed by atoms with van der Waals surface area (Å²) in [4.78, 5) is 67.5. The first kappa shape index (κ1) is 36.6. The van der Waals surface area contributed by atoms with E-state index in [4.69, 9.17) is 4.74 Å². The van der Waals surface area contributed by atoms with Crippen molar-refractivity contribution in [1.82, 2.24) is 36.4 Å². The van der Waals surface area contributed by atoms with Crippen molar-refractivity contribution in [1.29, 1.82) is 0 Å². The van der Waals surface area contributed by atoms with Gasteiger partial charge in [0, 0.05) is 32.3 Å². The highest BCUT2D eigenvalue weighted by Gasteiger charge is 2.32. The molecule has 0 saturated carbocycles. The van der Waals surface area contributed by atoms with Crippen molar-refractivity contribution in [2.75, 3.05) is 19.7 Å². The predicted molar refractivity (Wildman–Crippen MR) is 184 cm³/mol. The van der Waals surface area contributed by atoms with Gasteiger partial charge in [-0.25, -0.2) is 0 Å². The Bertz CT molecular complexity index is 1640. The van der Waals surface area contributed by atoms with Gasteiger partial charge in [0.2, 0.25) is 23.6 Å². The van der Waals surface area contributed by atoms with E-state index in [0.29, 0.717) is 18.6 Å². The van der Waals surface area contributed by atoms with Gasteiger partial charge >= 0.3 is 0 Å². The third kappa shape index (κ3) is 10.1. The zero-order chi connectivity index (χ0) is 35.5. The van der Waals surface area contributed by atoms with Crippen LogP contribution in [0, 0.1) is 19.8 Å². The van der Waals surface area contributed by atoms with E-state index >= 15 is 0 Å². The summed E-state index contributed by atoms with van der Waals surface area (Å²) >= 11 is 0. The fraction of sp³-hybridized carbons (Fsp3) is 0.444. The second-order valence-corrected chi connectivity index (χ2v) is 12.6. The lowest BCUT2D eigenvalue weighted by Crippen LogP contribution is -2.57. The lowest BCUT2D eigenvalue weighted by Gasteiger charge is -2.26. The van der Waals surface area contributed by atoms with Crippen LogP contribution in [0.4, 0.5) is 0 Å². The summed E-state index contributed by atoms with van der Waals surface area (Å²) in [6, 6.07) is 12.8. The molecule has 5 N–H and O–H groups in total. The van der Waals surface area contributed by atoms with Crippen molar-refractivity contribution in [2.24, 2.45) is 13.0 Å². The van der Waals surface area contributed by atoms with Crippen LogP contribution in [0.25, 0.3) is 0 Å². The normalized spacial score (nSPS) is 19.7. The van der Waals surface area contributed by atoms with E-state index < -0.39 is 48.2 Å². The number of nitrogens with zero attached hydrogens (tertiary/aromatic N) is 2. The molecule has 0 spiro atoms. The molecule has 0 unspecified atom stereocenters. The van der Waals surface area contributed by atoms with Crippen LogP contribution in [0.1, 0.15) is 59.6 Å². The molecule has 13 heteroatoms.